The number of rotatable bonds is 14. The Bertz CT molecular complexity index is 315. The van der Waals surface area contributed by atoms with Crippen molar-refractivity contribution in [2.75, 3.05) is 6.54 Å². The van der Waals surface area contributed by atoms with Crippen LogP contribution in [-0.2, 0) is 14.4 Å². The summed E-state index contributed by atoms with van der Waals surface area (Å²) in [7, 11) is 0. The summed E-state index contributed by atoms with van der Waals surface area (Å²) in [5.41, 5.74) is 0. The number of aliphatic carboxylic acids is 1. The Morgan fingerprint density at radius 1 is 0.810 bits per heavy atom. The first-order valence-electron chi connectivity index (χ1n) is 8.06. The molecule has 0 atom stereocenters. The van der Waals surface area contributed by atoms with Crippen LogP contribution < -0.4 is 5.32 Å². The third-order valence-electron chi connectivity index (χ3n) is 3.37. The molecule has 0 aliphatic rings. The van der Waals surface area contributed by atoms with Crippen molar-refractivity contribution in [1.29, 1.82) is 0 Å². The van der Waals surface area contributed by atoms with Gasteiger partial charge in [-0.2, -0.15) is 0 Å². The van der Waals surface area contributed by atoms with Crippen molar-refractivity contribution in [1.82, 2.24) is 5.32 Å². The van der Waals surface area contributed by atoms with Crippen LogP contribution in [0, 0.1) is 0 Å². The molecular formula is C16H29NO4. The van der Waals surface area contributed by atoms with Gasteiger partial charge in [-0.15, -0.1) is 0 Å². The molecule has 0 aliphatic carbocycles. The Kier molecular flexibility index (Phi) is 12.7. The highest BCUT2D eigenvalue weighted by Gasteiger charge is 2.03. The fourth-order valence-electron chi connectivity index (χ4n) is 2.05. The topological polar surface area (TPSA) is 83.5 Å². The second-order valence-corrected chi connectivity index (χ2v) is 5.36. The van der Waals surface area contributed by atoms with E-state index >= 15 is 0 Å². The Balaban J connectivity index is 3.25. The van der Waals surface area contributed by atoms with E-state index in [9.17, 15) is 14.4 Å². The lowest BCUT2D eigenvalue weighted by molar-refractivity contribution is -0.137. The molecule has 5 nitrogen and oxygen atoms in total. The molecule has 0 aromatic heterocycles. The second-order valence-electron chi connectivity index (χ2n) is 5.36. The average molecular weight is 299 g/mol. The summed E-state index contributed by atoms with van der Waals surface area (Å²) < 4.78 is 0. The van der Waals surface area contributed by atoms with Crippen molar-refractivity contribution in [3.05, 3.63) is 0 Å². The number of carbonyl (C=O) groups excluding carboxylic acids is 2. The number of carbonyl (C=O) groups is 3. The van der Waals surface area contributed by atoms with Crippen molar-refractivity contribution in [3.63, 3.8) is 0 Å². The number of carboxylic acids is 1. The maximum absolute atomic E-state index is 11.5. The van der Waals surface area contributed by atoms with Gasteiger partial charge in [-0.05, 0) is 25.7 Å². The second kappa shape index (κ2) is 13.6. The molecule has 1 amide bonds. The lowest BCUT2D eigenvalue weighted by Crippen LogP contribution is -2.23. The number of nitrogens with one attached hydrogen (secondary N) is 1. The monoisotopic (exact) mass is 299 g/mol. The number of carboxylic acid groups (broad SMARTS) is 1. The standard InChI is InChI=1S/C16H29NO4/c1-2-15(19)17-13-9-5-3-4-6-10-14(18)11-7-8-12-16(20)21/h2-13H2,1H3,(H,17,19)(H,20,21). The Morgan fingerprint density at radius 3 is 1.95 bits per heavy atom. The Labute approximate surface area is 127 Å². The number of amides is 1. The average Bonchev–Trinajstić information content (AvgIpc) is 2.45. The number of unbranched alkanes of at least 4 members (excludes halogenated alkanes) is 5. The van der Waals surface area contributed by atoms with E-state index in [1.165, 1.54) is 0 Å². The van der Waals surface area contributed by atoms with Crippen LogP contribution in [0.3, 0.4) is 0 Å². The van der Waals surface area contributed by atoms with Gasteiger partial charge in [0.25, 0.3) is 0 Å². The summed E-state index contributed by atoms with van der Waals surface area (Å²) >= 11 is 0. The van der Waals surface area contributed by atoms with Crippen LogP contribution in [0.5, 0.6) is 0 Å². The van der Waals surface area contributed by atoms with E-state index in [-0.39, 0.29) is 18.1 Å². The van der Waals surface area contributed by atoms with Gasteiger partial charge in [0.1, 0.15) is 5.78 Å². The number of Topliss-reactive ketones (excluding diaryl/α,β-unsaturated/α-hetero) is 1. The molecule has 0 rings (SSSR count). The fraction of sp³-hybridized carbons (Fsp3) is 0.812. The lowest BCUT2D eigenvalue weighted by atomic mass is 10.0. The molecule has 0 aromatic rings. The zero-order chi connectivity index (χ0) is 15.9. The lowest BCUT2D eigenvalue weighted by Gasteiger charge is -2.04. The summed E-state index contributed by atoms with van der Waals surface area (Å²) in [4.78, 5) is 32.8. The molecule has 0 fully saturated rings. The first kappa shape index (κ1) is 19.6. The van der Waals surface area contributed by atoms with Crippen LogP contribution in [0.2, 0.25) is 0 Å². The van der Waals surface area contributed by atoms with Gasteiger partial charge in [-0.25, -0.2) is 0 Å². The van der Waals surface area contributed by atoms with Crippen LogP contribution in [0.25, 0.3) is 0 Å². The van der Waals surface area contributed by atoms with Gasteiger partial charge < -0.3 is 10.4 Å². The summed E-state index contributed by atoms with van der Waals surface area (Å²) in [6.45, 7) is 2.59. The minimum atomic E-state index is -0.794. The minimum absolute atomic E-state index is 0.100. The predicted octanol–water partition coefficient (Wildman–Crippen LogP) is 3.07. The van der Waals surface area contributed by atoms with Crippen molar-refractivity contribution in [3.8, 4) is 0 Å². The molecule has 0 bridgehead atoms. The van der Waals surface area contributed by atoms with E-state index in [2.05, 4.69) is 5.32 Å². The highest BCUT2D eigenvalue weighted by atomic mass is 16.4. The normalized spacial score (nSPS) is 10.3. The van der Waals surface area contributed by atoms with Crippen molar-refractivity contribution < 1.29 is 19.5 Å². The van der Waals surface area contributed by atoms with E-state index in [4.69, 9.17) is 5.11 Å². The van der Waals surface area contributed by atoms with Gasteiger partial charge in [-0.3, -0.25) is 14.4 Å². The van der Waals surface area contributed by atoms with Gasteiger partial charge >= 0.3 is 5.97 Å². The molecular weight excluding hydrogens is 270 g/mol. The van der Waals surface area contributed by atoms with E-state index in [1.807, 2.05) is 6.92 Å². The smallest absolute Gasteiger partial charge is 0.303 e. The largest absolute Gasteiger partial charge is 0.481 e. The highest BCUT2D eigenvalue weighted by Crippen LogP contribution is 2.09. The van der Waals surface area contributed by atoms with Gasteiger partial charge in [0.2, 0.25) is 5.91 Å². The molecule has 0 aliphatic heterocycles. The van der Waals surface area contributed by atoms with Crippen LogP contribution in [0.1, 0.15) is 77.6 Å². The van der Waals surface area contributed by atoms with Gasteiger partial charge in [0, 0.05) is 32.2 Å². The first-order chi connectivity index (χ1) is 10.1. The molecule has 0 saturated carbocycles. The van der Waals surface area contributed by atoms with Gasteiger partial charge in [0.05, 0.1) is 0 Å². The number of hydrogen-bond donors (Lipinski definition) is 2. The number of ketones is 1. The molecule has 0 radical (unpaired) electrons. The molecule has 5 heteroatoms. The fourth-order valence-corrected chi connectivity index (χ4v) is 2.05. The molecule has 0 aromatic carbocycles. The summed E-state index contributed by atoms with van der Waals surface area (Å²) in [5.74, 6) is -0.448. The summed E-state index contributed by atoms with van der Waals surface area (Å²) in [6, 6.07) is 0. The van der Waals surface area contributed by atoms with E-state index in [0.29, 0.717) is 32.1 Å². The maximum atomic E-state index is 11.5. The quantitative estimate of drug-likeness (QED) is 0.483. The van der Waals surface area contributed by atoms with Crippen LogP contribution in [0.4, 0.5) is 0 Å². The predicted molar refractivity (Wildman–Crippen MR) is 82.1 cm³/mol. The Hall–Kier alpha value is -1.39. The SMILES string of the molecule is CCC(=O)NCCCCCCCC(=O)CCCCC(=O)O. The highest BCUT2D eigenvalue weighted by molar-refractivity contribution is 5.78. The minimum Gasteiger partial charge on any atom is -0.481 e. The summed E-state index contributed by atoms with van der Waals surface area (Å²) in [5, 5.41) is 11.3. The molecule has 0 heterocycles. The molecule has 0 saturated heterocycles. The van der Waals surface area contributed by atoms with Crippen LogP contribution in [-0.4, -0.2) is 29.3 Å². The Morgan fingerprint density at radius 2 is 1.33 bits per heavy atom. The van der Waals surface area contributed by atoms with Crippen LogP contribution >= 0.6 is 0 Å². The van der Waals surface area contributed by atoms with Gasteiger partial charge in [0.15, 0.2) is 0 Å². The molecule has 0 spiro atoms. The van der Waals surface area contributed by atoms with E-state index in [1.54, 1.807) is 0 Å². The van der Waals surface area contributed by atoms with Gasteiger partial charge in [-0.1, -0.05) is 26.2 Å². The maximum Gasteiger partial charge on any atom is 0.303 e. The zero-order valence-electron chi connectivity index (χ0n) is 13.2. The summed E-state index contributed by atoms with van der Waals surface area (Å²) in [6.07, 6.45) is 8.21. The molecule has 21 heavy (non-hydrogen) atoms. The van der Waals surface area contributed by atoms with E-state index in [0.717, 1.165) is 38.6 Å². The molecule has 0 unspecified atom stereocenters. The van der Waals surface area contributed by atoms with E-state index < -0.39 is 5.97 Å². The van der Waals surface area contributed by atoms with Crippen LogP contribution in [0.15, 0.2) is 0 Å². The molecule has 2 N–H and O–H groups in total. The third kappa shape index (κ3) is 14.8. The van der Waals surface area contributed by atoms with Crippen molar-refractivity contribution in [2.45, 2.75) is 77.6 Å². The number of hydrogen-bond acceptors (Lipinski definition) is 3. The zero-order valence-corrected chi connectivity index (χ0v) is 13.2. The van der Waals surface area contributed by atoms with Crippen molar-refractivity contribution in [2.24, 2.45) is 0 Å². The third-order valence-corrected chi connectivity index (χ3v) is 3.37. The first-order valence-corrected chi connectivity index (χ1v) is 8.06. The molecule has 122 valence electrons. The van der Waals surface area contributed by atoms with Crippen molar-refractivity contribution >= 4 is 17.7 Å².